The summed E-state index contributed by atoms with van der Waals surface area (Å²) >= 11 is 0. The first kappa shape index (κ1) is 25.2. The van der Waals surface area contributed by atoms with Crippen LogP contribution in [0, 0.1) is 0 Å². The molecule has 1 aliphatic heterocycles. The average molecular weight is 583 g/mol. The van der Waals surface area contributed by atoms with Crippen molar-refractivity contribution in [2.24, 2.45) is 0 Å². The molecule has 3 unspecified atom stereocenters. The standard InChI is InChI=1S/C41H31N3O/c1-41(2)31-20-9-6-16-28(31)36-32(41)23-24-34-37(36)29-17-7-10-21-33(29)43(34)44-39(25-13-4-3-5-14-25)42-40(44)30-19-12-18-27-26-15-8-11-22-35(26)45-38(27)30/h3-24,39-40,42H,1-2H3/p+1. The van der Waals surface area contributed by atoms with Crippen LogP contribution in [0.3, 0.4) is 0 Å². The van der Waals surface area contributed by atoms with E-state index in [1.54, 1.807) is 0 Å². The Kier molecular flexibility index (Phi) is 5.01. The predicted molar refractivity (Wildman–Crippen MR) is 182 cm³/mol. The van der Waals surface area contributed by atoms with E-state index in [0.29, 0.717) is 0 Å². The fourth-order valence-electron chi connectivity index (χ4n) is 8.35. The van der Waals surface area contributed by atoms with Crippen molar-refractivity contribution in [2.75, 3.05) is 0 Å². The summed E-state index contributed by atoms with van der Waals surface area (Å²) in [5, 5.41) is 10.3. The van der Waals surface area contributed by atoms with Crippen molar-refractivity contribution in [1.82, 2.24) is 9.99 Å². The molecule has 4 heteroatoms. The summed E-state index contributed by atoms with van der Waals surface area (Å²) < 4.78 is 9.14. The van der Waals surface area contributed by atoms with E-state index in [0.717, 1.165) is 21.9 Å². The topological polar surface area (TPSA) is 34.5 Å². The van der Waals surface area contributed by atoms with E-state index < -0.39 is 0 Å². The third-order valence-corrected chi connectivity index (χ3v) is 10.4. The molecule has 216 valence electrons. The van der Waals surface area contributed by atoms with Crippen molar-refractivity contribution in [3.63, 3.8) is 0 Å². The lowest BCUT2D eigenvalue weighted by Crippen LogP contribution is -3.24. The smallest absolute Gasteiger partial charge is 0.200 e. The van der Waals surface area contributed by atoms with E-state index in [4.69, 9.17) is 4.42 Å². The Labute approximate surface area is 261 Å². The second kappa shape index (κ2) is 8.95. The van der Waals surface area contributed by atoms with Crippen LogP contribution in [0.1, 0.15) is 48.4 Å². The van der Waals surface area contributed by atoms with Gasteiger partial charge in [-0.05, 0) is 46.5 Å². The molecule has 0 radical (unpaired) electrons. The van der Waals surface area contributed by atoms with E-state index in [-0.39, 0.29) is 17.7 Å². The van der Waals surface area contributed by atoms with Gasteiger partial charge in [0.25, 0.3) is 0 Å². The third kappa shape index (κ3) is 3.28. The minimum absolute atomic E-state index is 0.0181. The molecule has 2 aliphatic rings. The van der Waals surface area contributed by atoms with Crippen LogP contribution in [-0.2, 0) is 5.41 Å². The molecule has 10 rings (SSSR count). The maximum atomic E-state index is 6.58. The van der Waals surface area contributed by atoms with Gasteiger partial charge in [0.05, 0.1) is 5.56 Å². The van der Waals surface area contributed by atoms with Crippen LogP contribution in [0.15, 0.2) is 138 Å². The number of nitrogens with one attached hydrogen (secondary N) is 2. The molecule has 6 aromatic carbocycles. The molecule has 4 nitrogen and oxygen atoms in total. The number of nitrogens with zero attached hydrogens (tertiary/aromatic N) is 1. The number of aromatic nitrogens is 1. The van der Waals surface area contributed by atoms with Gasteiger partial charge in [-0.25, -0.2) is 5.32 Å². The number of furan rings is 1. The van der Waals surface area contributed by atoms with Gasteiger partial charge in [-0.1, -0.05) is 123 Å². The summed E-state index contributed by atoms with van der Waals surface area (Å²) in [6, 6.07) is 48.5. The first-order chi connectivity index (χ1) is 22.1. The number of quaternary nitrogens is 1. The molecule has 0 amide bonds. The van der Waals surface area contributed by atoms with Gasteiger partial charge >= 0.3 is 0 Å². The van der Waals surface area contributed by atoms with Crippen molar-refractivity contribution in [3.05, 3.63) is 156 Å². The lowest BCUT2D eigenvalue weighted by atomic mass is 9.82. The second-order valence-electron chi connectivity index (χ2n) is 13.1. The summed E-state index contributed by atoms with van der Waals surface area (Å²) in [7, 11) is 0. The van der Waals surface area contributed by atoms with Gasteiger partial charge in [-0.2, -0.15) is 9.69 Å². The van der Waals surface area contributed by atoms with Gasteiger partial charge < -0.3 is 4.42 Å². The van der Waals surface area contributed by atoms with E-state index in [1.165, 1.54) is 60.2 Å². The molecule has 45 heavy (non-hydrogen) atoms. The average Bonchev–Trinajstić information content (AvgIpc) is 3.68. The minimum atomic E-state index is -0.0550. The highest BCUT2D eigenvalue weighted by molar-refractivity contribution is 6.17. The van der Waals surface area contributed by atoms with Gasteiger partial charge in [0, 0.05) is 32.5 Å². The zero-order valence-corrected chi connectivity index (χ0v) is 25.2. The Balaban J connectivity index is 1.27. The van der Waals surface area contributed by atoms with Crippen molar-refractivity contribution in [1.29, 1.82) is 0 Å². The third-order valence-electron chi connectivity index (χ3n) is 10.4. The van der Waals surface area contributed by atoms with Crippen molar-refractivity contribution in [3.8, 4) is 11.1 Å². The van der Waals surface area contributed by atoms with Crippen LogP contribution < -0.4 is 10.3 Å². The molecule has 3 heterocycles. The molecule has 8 aromatic rings. The maximum absolute atomic E-state index is 6.58. The summed E-state index contributed by atoms with van der Waals surface area (Å²) in [6.07, 6.45) is 0.0438. The number of benzene rings is 6. The number of hydrogen-bond acceptors (Lipinski definition) is 2. The molecule has 0 spiro atoms. The monoisotopic (exact) mass is 582 g/mol. The predicted octanol–water partition coefficient (Wildman–Crippen LogP) is 8.65. The molecule has 3 atom stereocenters. The lowest BCUT2D eigenvalue weighted by molar-refractivity contribution is -1.05. The molecule has 0 bridgehead atoms. The van der Waals surface area contributed by atoms with Crippen molar-refractivity contribution >= 4 is 43.7 Å². The fourth-order valence-corrected chi connectivity index (χ4v) is 8.35. The largest absolute Gasteiger partial charge is 0.455 e. The van der Waals surface area contributed by atoms with Crippen LogP contribution >= 0.6 is 0 Å². The zero-order chi connectivity index (χ0) is 29.9. The SMILES string of the molecule is CC1(C)c2ccccc2-c2c1ccc1c2c2ccccc2n1[NH+]1C(c2ccccc2)NC1c1cccc2c1oc1ccccc12. The molecule has 1 fully saturated rings. The number of fused-ring (bicyclic) bond motifs is 10. The molecule has 2 N–H and O–H groups in total. The second-order valence-corrected chi connectivity index (χ2v) is 13.1. The Morgan fingerprint density at radius 1 is 0.622 bits per heavy atom. The number of rotatable bonds is 3. The van der Waals surface area contributed by atoms with Crippen LogP contribution in [0.2, 0.25) is 0 Å². The van der Waals surface area contributed by atoms with Gasteiger partial charge in [0.15, 0.2) is 6.17 Å². The highest BCUT2D eigenvalue weighted by atomic mass is 16.3. The van der Waals surface area contributed by atoms with Gasteiger partial charge in [0.1, 0.15) is 22.2 Å². The van der Waals surface area contributed by atoms with Crippen LogP contribution in [0.25, 0.3) is 54.9 Å². The van der Waals surface area contributed by atoms with E-state index in [9.17, 15) is 0 Å². The molecular formula is C41H32N3O+. The Morgan fingerprint density at radius 3 is 2.24 bits per heavy atom. The van der Waals surface area contributed by atoms with Gasteiger partial charge in [-0.15, -0.1) is 0 Å². The van der Waals surface area contributed by atoms with E-state index >= 15 is 0 Å². The highest BCUT2D eigenvalue weighted by Gasteiger charge is 2.49. The molecule has 1 saturated heterocycles. The fraction of sp³-hybridized carbons (Fsp3) is 0.122. The van der Waals surface area contributed by atoms with Crippen LogP contribution in [-0.4, -0.2) is 4.68 Å². The lowest BCUT2D eigenvalue weighted by Gasteiger charge is -2.45. The van der Waals surface area contributed by atoms with Crippen LogP contribution in [0.5, 0.6) is 0 Å². The molecule has 2 aromatic heterocycles. The first-order valence-corrected chi connectivity index (χ1v) is 15.9. The minimum Gasteiger partial charge on any atom is -0.455 e. The maximum Gasteiger partial charge on any atom is 0.200 e. The van der Waals surface area contributed by atoms with Crippen LogP contribution in [0.4, 0.5) is 0 Å². The van der Waals surface area contributed by atoms with Crippen molar-refractivity contribution < 1.29 is 9.43 Å². The Bertz CT molecular complexity index is 2470. The summed E-state index contributed by atoms with van der Waals surface area (Å²) in [6.45, 7) is 4.73. The van der Waals surface area contributed by atoms with E-state index in [1.807, 2.05) is 6.07 Å². The quantitative estimate of drug-likeness (QED) is 0.219. The number of para-hydroxylation sites is 3. The molecule has 0 saturated carbocycles. The van der Waals surface area contributed by atoms with Gasteiger partial charge in [-0.3, -0.25) is 0 Å². The van der Waals surface area contributed by atoms with Crippen molar-refractivity contribution in [2.45, 2.75) is 31.6 Å². The zero-order valence-electron chi connectivity index (χ0n) is 25.2. The van der Waals surface area contributed by atoms with Gasteiger partial charge in [0.2, 0.25) is 6.17 Å². The Hall–Kier alpha value is -5.16. The summed E-state index contributed by atoms with van der Waals surface area (Å²) in [4.78, 5) is 0. The first-order valence-electron chi connectivity index (χ1n) is 15.9. The summed E-state index contributed by atoms with van der Waals surface area (Å²) in [5.74, 6) is 0. The Morgan fingerprint density at radius 2 is 1.36 bits per heavy atom. The highest BCUT2D eigenvalue weighted by Crippen LogP contribution is 2.52. The molecule has 1 aliphatic carbocycles. The number of hydrogen-bond donors (Lipinski definition) is 2. The van der Waals surface area contributed by atoms with E-state index in [2.05, 4.69) is 151 Å². The normalized spacial score (nSPS) is 20.1. The molecular weight excluding hydrogens is 550 g/mol. The summed E-state index contributed by atoms with van der Waals surface area (Å²) in [5.41, 5.74) is 12.3.